The van der Waals surface area contributed by atoms with E-state index < -0.39 is 0 Å². The topological polar surface area (TPSA) is 35.6 Å². The van der Waals surface area contributed by atoms with Gasteiger partial charge in [-0.3, -0.25) is 0 Å². The number of nitrogens with zero attached hydrogens (tertiary/aromatic N) is 4. The van der Waals surface area contributed by atoms with Crippen molar-refractivity contribution in [3.8, 4) is 45.3 Å². The van der Waals surface area contributed by atoms with Crippen molar-refractivity contribution in [2.45, 2.75) is 0 Å². The van der Waals surface area contributed by atoms with Gasteiger partial charge in [0.05, 0.1) is 34.8 Å². The second kappa shape index (κ2) is 11.4. The first-order chi connectivity index (χ1) is 25.2. The van der Waals surface area contributed by atoms with Crippen LogP contribution in [0.2, 0.25) is 0 Å². The molecule has 10 aromatic rings. The molecule has 3 heterocycles. The van der Waals surface area contributed by atoms with Gasteiger partial charge in [-0.05, 0) is 48.5 Å². The summed E-state index contributed by atoms with van der Waals surface area (Å²) in [6, 6.07) is 61.2. The minimum absolute atomic E-state index is 0.286. The van der Waals surface area contributed by atoms with Crippen molar-refractivity contribution in [1.29, 1.82) is 0 Å². The largest absolute Gasteiger partial charge is 0.309 e. The average Bonchev–Trinajstić information content (AvgIpc) is 3.72. The Morgan fingerprint density at radius 3 is 1.16 bits per heavy atom. The molecule has 0 bridgehead atoms. The lowest BCUT2D eigenvalue weighted by Gasteiger charge is -2.16. The normalized spacial score (nSPS) is 11.9. The smallest absolute Gasteiger partial charge is 0.160 e. The molecule has 3 aromatic heterocycles. The van der Waals surface area contributed by atoms with Gasteiger partial charge in [0, 0.05) is 49.6 Å². The minimum atomic E-state index is 0.286. The zero-order chi connectivity index (χ0) is 33.9. The summed E-state index contributed by atoms with van der Waals surface area (Å²) in [4.78, 5) is 10.2. The third kappa shape index (κ3) is 4.54. The van der Waals surface area contributed by atoms with Crippen LogP contribution in [0.3, 0.4) is 0 Å². The first-order valence-corrected chi connectivity index (χ1v) is 16.8. The summed E-state index contributed by atoms with van der Waals surface area (Å²) in [6.45, 7) is 0. The molecule has 50 heavy (non-hydrogen) atoms. The van der Waals surface area contributed by atoms with Crippen molar-refractivity contribution in [3.63, 3.8) is 0 Å². The Hall–Kier alpha value is -6.78. The maximum atomic E-state index is 9.66. The van der Waals surface area contributed by atoms with Gasteiger partial charge in [0.15, 0.2) is 5.82 Å². The van der Waals surface area contributed by atoms with Gasteiger partial charge in [0.25, 0.3) is 0 Å². The second-order valence-electron chi connectivity index (χ2n) is 12.6. The third-order valence-corrected chi connectivity index (χ3v) is 9.60. The van der Waals surface area contributed by atoms with E-state index in [0.29, 0.717) is 17.2 Å². The van der Waals surface area contributed by atoms with Crippen LogP contribution in [-0.2, 0) is 0 Å². The molecule has 10 rings (SSSR count). The third-order valence-electron chi connectivity index (χ3n) is 9.60. The van der Waals surface area contributed by atoms with E-state index in [2.05, 4.69) is 124 Å². The monoisotopic (exact) mass is 639 g/mol. The molecule has 0 atom stereocenters. The van der Waals surface area contributed by atoms with Crippen molar-refractivity contribution >= 4 is 43.6 Å². The summed E-state index contributed by atoms with van der Waals surface area (Å²) in [7, 11) is 0. The summed E-state index contributed by atoms with van der Waals surface area (Å²) >= 11 is 0. The van der Waals surface area contributed by atoms with Crippen LogP contribution in [0.25, 0.3) is 88.9 Å². The molecular formula is C46H30N4. The van der Waals surface area contributed by atoms with Gasteiger partial charge in [0.2, 0.25) is 0 Å². The highest BCUT2D eigenvalue weighted by Crippen LogP contribution is 2.38. The highest BCUT2D eigenvalue weighted by atomic mass is 15.0. The number of aromatic nitrogens is 4. The Morgan fingerprint density at radius 1 is 0.360 bits per heavy atom. The summed E-state index contributed by atoms with van der Waals surface area (Å²) in [5.74, 6) is 0.584. The van der Waals surface area contributed by atoms with Crippen LogP contribution >= 0.6 is 0 Å². The maximum absolute atomic E-state index is 9.66. The molecule has 0 amide bonds. The van der Waals surface area contributed by atoms with Crippen LogP contribution in [0, 0.1) is 0 Å². The number of hydrogen-bond acceptors (Lipinski definition) is 2. The fraction of sp³-hybridized carbons (Fsp3) is 0. The van der Waals surface area contributed by atoms with E-state index in [1.54, 1.807) is 0 Å². The number of hydrogen-bond donors (Lipinski definition) is 0. The lowest BCUT2D eigenvalue weighted by Crippen LogP contribution is -2.01. The lowest BCUT2D eigenvalue weighted by molar-refractivity contribution is 1.13. The molecule has 0 saturated heterocycles. The number of rotatable bonds is 5. The molecule has 4 heteroatoms. The van der Waals surface area contributed by atoms with E-state index >= 15 is 0 Å². The quantitative estimate of drug-likeness (QED) is 0.188. The second-order valence-corrected chi connectivity index (χ2v) is 12.6. The van der Waals surface area contributed by atoms with E-state index in [1.165, 1.54) is 21.5 Å². The number of fused-ring (bicyclic) bond motifs is 6. The van der Waals surface area contributed by atoms with Crippen LogP contribution in [-0.4, -0.2) is 19.1 Å². The molecule has 7 aromatic carbocycles. The van der Waals surface area contributed by atoms with Crippen molar-refractivity contribution in [2.24, 2.45) is 0 Å². The zero-order valence-corrected chi connectivity index (χ0v) is 27.0. The molecule has 0 spiro atoms. The molecule has 0 aliphatic heterocycles. The van der Waals surface area contributed by atoms with E-state index in [0.717, 1.165) is 50.1 Å². The summed E-state index contributed by atoms with van der Waals surface area (Å²) in [5.41, 5.74) is 10.2. The molecular weight excluding hydrogens is 609 g/mol. The highest BCUT2D eigenvalue weighted by Gasteiger charge is 2.18. The van der Waals surface area contributed by atoms with Crippen LogP contribution in [0.1, 0.15) is 1.37 Å². The lowest BCUT2D eigenvalue weighted by atomic mass is 10.0. The predicted molar refractivity (Wildman–Crippen MR) is 207 cm³/mol. The first-order valence-electron chi connectivity index (χ1n) is 17.3. The SMILES string of the molecule is [2H]c1c(-c2ccccc2)nc(-c2ccccc2)nc1-c1cc(-n2c3ccccc3c3ccccc32)cc(-n2c3ccccc3c3ccccc32)c1. The van der Waals surface area contributed by atoms with E-state index in [1.807, 2.05) is 60.7 Å². The minimum Gasteiger partial charge on any atom is -0.309 e. The Kier molecular flexibility index (Phi) is 6.22. The molecule has 0 unspecified atom stereocenters. The number of para-hydroxylation sites is 4. The molecule has 0 saturated carbocycles. The molecule has 0 radical (unpaired) electrons. The number of benzene rings is 7. The Bertz CT molecular complexity index is 2690. The molecule has 0 aliphatic carbocycles. The molecule has 0 fully saturated rings. The summed E-state index contributed by atoms with van der Waals surface area (Å²) in [5, 5.41) is 4.77. The van der Waals surface area contributed by atoms with Crippen LogP contribution < -0.4 is 0 Å². The van der Waals surface area contributed by atoms with Crippen molar-refractivity contribution in [1.82, 2.24) is 19.1 Å². The Labute approximate surface area is 290 Å². The van der Waals surface area contributed by atoms with Gasteiger partial charge < -0.3 is 9.13 Å². The molecule has 234 valence electrons. The fourth-order valence-electron chi connectivity index (χ4n) is 7.38. The molecule has 0 aliphatic rings. The summed E-state index contributed by atoms with van der Waals surface area (Å²) < 4.78 is 14.3. The van der Waals surface area contributed by atoms with Gasteiger partial charge in [-0.25, -0.2) is 9.97 Å². The van der Waals surface area contributed by atoms with Crippen molar-refractivity contribution in [2.75, 3.05) is 0 Å². The predicted octanol–water partition coefficient (Wildman–Crippen LogP) is 11.7. The van der Waals surface area contributed by atoms with Gasteiger partial charge in [0.1, 0.15) is 0 Å². The molecule has 4 nitrogen and oxygen atoms in total. The zero-order valence-electron chi connectivity index (χ0n) is 28.0. The van der Waals surface area contributed by atoms with Crippen LogP contribution in [0.15, 0.2) is 182 Å². The standard InChI is InChI=1S/C46H30N4/c1-3-15-31(16-4-1)40-30-41(48-46(47-40)32-17-5-2-6-18-32)33-27-34(49-42-23-11-7-19-36(42)37-20-8-12-24-43(37)49)29-35(28-33)50-44-25-13-9-21-38(44)39-22-10-14-26-45(39)50/h1-30H/i30D. The first kappa shape index (κ1) is 27.2. The van der Waals surface area contributed by atoms with E-state index in [4.69, 9.17) is 9.97 Å². The van der Waals surface area contributed by atoms with Gasteiger partial charge in [-0.1, -0.05) is 133 Å². The fourth-order valence-corrected chi connectivity index (χ4v) is 7.38. The Balaban J connectivity index is 1.33. The van der Waals surface area contributed by atoms with Gasteiger partial charge in [-0.15, -0.1) is 0 Å². The highest BCUT2D eigenvalue weighted by molar-refractivity contribution is 6.10. The Morgan fingerprint density at radius 2 is 0.720 bits per heavy atom. The molecule has 0 N–H and O–H groups in total. The van der Waals surface area contributed by atoms with E-state index in [9.17, 15) is 1.37 Å². The van der Waals surface area contributed by atoms with Crippen molar-refractivity contribution < 1.29 is 1.37 Å². The van der Waals surface area contributed by atoms with E-state index in [-0.39, 0.29) is 6.04 Å². The van der Waals surface area contributed by atoms with Crippen molar-refractivity contribution in [3.05, 3.63) is 182 Å². The van der Waals surface area contributed by atoms with Crippen LogP contribution in [0.4, 0.5) is 0 Å². The van der Waals surface area contributed by atoms with Gasteiger partial charge in [-0.2, -0.15) is 0 Å². The maximum Gasteiger partial charge on any atom is 0.160 e. The average molecular weight is 640 g/mol. The van der Waals surface area contributed by atoms with Gasteiger partial charge >= 0.3 is 0 Å². The van der Waals surface area contributed by atoms with Crippen LogP contribution in [0.5, 0.6) is 0 Å². The summed E-state index contributed by atoms with van der Waals surface area (Å²) in [6.07, 6.45) is 0.